The third-order valence-corrected chi connectivity index (χ3v) is 4.91. The van der Waals surface area contributed by atoms with Crippen LogP contribution in [0, 0.1) is 6.92 Å². The van der Waals surface area contributed by atoms with E-state index in [-0.39, 0.29) is 12.5 Å². The molecule has 0 aliphatic rings. The first kappa shape index (κ1) is 18.9. The Hall–Kier alpha value is -2.86. The molecule has 6 heteroatoms. The van der Waals surface area contributed by atoms with Gasteiger partial charge in [-0.3, -0.25) is 4.79 Å². The van der Waals surface area contributed by atoms with E-state index in [4.69, 9.17) is 9.47 Å². The topological polar surface area (TPSA) is 52.8 Å². The lowest BCUT2D eigenvalue weighted by molar-refractivity contribution is -0.120. The molecule has 0 unspecified atom stereocenters. The fourth-order valence-corrected chi connectivity index (χ4v) is 3.81. The van der Waals surface area contributed by atoms with E-state index in [1.807, 2.05) is 36.6 Å². The average molecular weight is 382 g/mol. The van der Waals surface area contributed by atoms with Crippen LogP contribution in [0.5, 0.6) is 11.5 Å². The standard InChI is InChI=1S/C21H22N2O3S/c1-4-12-23-18-11-6-15(3)13-19(18)27-21(23)22-20(24)14-26-17-9-7-16(8-10-17)25-5-2/h4,6-11,13H,1,5,12,14H2,2-3H3. The highest BCUT2D eigenvalue weighted by Crippen LogP contribution is 2.19. The quantitative estimate of drug-likeness (QED) is 0.578. The number of benzene rings is 2. The summed E-state index contributed by atoms with van der Waals surface area (Å²) >= 11 is 1.49. The molecule has 5 nitrogen and oxygen atoms in total. The van der Waals surface area contributed by atoms with Crippen LogP contribution in [0.4, 0.5) is 0 Å². The summed E-state index contributed by atoms with van der Waals surface area (Å²) in [6, 6.07) is 13.4. The van der Waals surface area contributed by atoms with Crippen molar-refractivity contribution in [3.63, 3.8) is 0 Å². The molecule has 0 aliphatic heterocycles. The number of carbonyl (C=O) groups excluding carboxylic acids is 1. The summed E-state index contributed by atoms with van der Waals surface area (Å²) in [6.45, 7) is 8.86. The number of allylic oxidation sites excluding steroid dienone is 1. The van der Waals surface area contributed by atoms with Crippen LogP contribution in [0.15, 0.2) is 60.1 Å². The van der Waals surface area contributed by atoms with Crippen molar-refractivity contribution in [3.05, 3.63) is 65.5 Å². The van der Waals surface area contributed by atoms with Crippen LogP contribution in [-0.4, -0.2) is 23.7 Å². The fourth-order valence-electron chi connectivity index (χ4n) is 2.65. The van der Waals surface area contributed by atoms with Crippen molar-refractivity contribution < 1.29 is 14.3 Å². The molecule has 3 rings (SSSR count). The summed E-state index contributed by atoms with van der Waals surface area (Å²) in [6.07, 6.45) is 1.80. The van der Waals surface area contributed by atoms with Crippen molar-refractivity contribution in [3.8, 4) is 11.5 Å². The van der Waals surface area contributed by atoms with E-state index in [0.29, 0.717) is 23.7 Å². The van der Waals surface area contributed by atoms with E-state index in [0.717, 1.165) is 16.0 Å². The summed E-state index contributed by atoms with van der Waals surface area (Å²) in [4.78, 5) is 17.2. The van der Waals surface area contributed by atoms with Gasteiger partial charge in [-0.25, -0.2) is 0 Å². The molecular weight excluding hydrogens is 360 g/mol. The van der Waals surface area contributed by atoms with Gasteiger partial charge in [0.1, 0.15) is 11.5 Å². The molecule has 140 valence electrons. The monoisotopic (exact) mass is 382 g/mol. The molecular formula is C21H22N2O3S. The molecule has 2 aromatic carbocycles. The highest BCUT2D eigenvalue weighted by Gasteiger charge is 2.08. The van der Waals surface area contributed by atoms with Crippen LogP contribution in [0.1, 0.15) is 12.5 Å². The van der Waals surface area contributed by atoms with Crippen LogP contribution in [0.25, 0.3) is 10.2 Å². The van der Waals surface area contributed by atoms with Gasteiger partial charge in [-0.2, -0.15) is 4.99 Å². The zero-order chi connectivity index (χ0) is 19.2. The van der Waals surface area contributed by atoms with E-state index < -0.39 is 0 Å². The average Bonchev–Trinajstić information content (AvgIpc) is 2.98. The third kappa shape index (κ3) is 4.65. The molecule has 0 radical (unpaired) electrons. The maximum Gasteiger partial charge on any atom is 0.286 e. The molecule has 1 heterocycles. The molecule has 3 aromatic rings. The Balaban J connectivity index is 1.78. The van der Waals surface area contributed by atoms with E-state index in [1.165, 1.54) is 16.9 Å². The smallest absolute Gasteiger partial charge is 0.286 e. The minimum absolute atomic E-state index is 0.116. The maximum atomic E-state index is 12.3. The molecule has 0 atom stereocenters. The van der Waals surface area contributed by atoms with Gasteiger partial charge in [0.25, 0.3) is 5.91 Å². The lowest BCUT2D eigenvalue weighted by Gasteiger charge is -2.06. The Labute approximate surface area is 162 Å². The van der Waals surface area contributed by atoms with Crippen molar-refractivity contribution in [1.29, 1.82) is 0 Å². The van der Waals surface area contributed by atoms with Gasteiger partial charge in [-0.1, -0.05) is 23.5 Å². The van der Waals surface area contributed by atoms with Crippen LogP contribution in [0.2, 0.25) is 0 Å². The molecule has 0 saturated heterocycles. The molecule has 1 amide bonds. The van der Waals surface area contributed by atoms with Crippen LogP contribution in [0.3, 0.4) is 0 Å². The number of thiazole rings is 1. The summed E-state index contributed by atoms with van der Waals surface area (Å²) in [5.41, 5.74) is 2.22. The summed E-state index contributed by atoms with van der Waals surface area (Å²) in [5, 5.41) is 0. The number of aromatic nitrogens is 1. The van der Waals surface area contributed by atoms with Gasteiger partial charge in [0.05, 0.1) is 16.8 Å². The molecule has 0 fully saturated rings. The number of fused-ring (bicyclic) bond motifs is 1. The zero-order valence-corrected chi connectivity index (χ0v) is 16.3. The second-order valence-electron chi connectivity index (χ2n) is 5.95. The molecule has 0 spiro atoms. The molecule has 1 aromatic heterocycles. The Kier molecular flexibility index (Phi) is 6.08. The van der Waals surface area contributed by atoms with Crippen molar-refractivity contribution in [2.24, 2.45) is 4.99 Å². The van der Waals surface area contributed by atoms with Gasteiger partial charge in [0.15, 0.2) is 11.4 Å². The van der Waals surface area contributed by atoms with Gasteiger partial charge in [0.2, 0.25) is 0 Å². The van der Waals surface area contributed by atoms with Gasteiger partial charge in [-0.05, 0) is 55.8 Å². The first-order valence-corrected chi connectivity index (χ1v) is 9.56. The van der Waals surface area contributed by atoms with Gasteiger partial charge < -0.3 is 14.0 Å². The van der Waals surface area contributed by atoms with Gasteiger partial charge in [-0.15, -0.1) is 6.58 Å². The molecule has 0 aliphatic carbocycles. The number of ether oxygens (including phenoxy) is 2. The largest absolute Gasteiger partial charge is 0.494 e. The van der Waals surface area contributed by atoms with Crippen molar-refractivity contribution in [2.45, 2.75) is 20.4 Å². The number of hydrogen-bond acceptors (Lipinski definition) is 4. The van der Waals surface area contributed by atoms with Gasteiger partial charge >= 0.3 is 0 Å². The SMILES string of the molecule is C=CCn1c(=NC(=O)COc2ccc(OCC)cc2)sc2cc(C)ccc21. The molecule has 0 bridgehead atoms. The fraction of sp³-hybridized carbons (Fsp3) is 0.238. The number of hydrogen-bond donors (Lipinski definition) is 0. The third-order valence-electron chi connectivity index (χ3n) is 3.87. The molecule has 27 heavy (non-hydrogen) atoms. The zero-order valence-electron chi connectivity index (χ0n) is 15.5. The van der Waals surface area contributed by atoms with E-state index in [1.54, 1.807) is 18.2 Å². The van der Waals surface area contributed by atoms with Crippen molar-refractivity contribution in [1.82, 2.24) is 4.57 Å². The number of amides is 1. The van der Waals surface area contributed by atoms with Gasteiger partial charge in [0, 0.05) is 6.54 Å². The number of rotatable bonds is 7. The lowest BCUT2D eigenvalue weighted by Crippen LogP contribution is -2.19. The van der Waals surface area contributed by atoms with Crippen LogP contribution in [-0.2, 0) is 11.3 Å². The highest BCUT2D eigenvalue weighted by molar-refractivity contribution is 7.16. The first-order valence-electron chi connectivity index (χ1n) is 8.75. The van der Waals surface area contributed by atoms with Crippen molar-refractivity contribution in [2.75, 3.05) is 13.2 Å². The molecule has 0 saturated carbocycles. The Bertz CT molecular complexity index is 1020. The van der Waals surface area contributed by atoms with E-state index in [2.05, 4.69) is 23.7 Å². The van der Waals surface area contributed by atoms with Crippen LogP contribution < -0.4 is 14.3 Å². The van der Waals surface area contributed by atoms with E-state index >= 15 is 0 Å². The molecule has 0 N–H and O–H groups in total. The Morgan fingerprint density at radius 2 is 1.89 bits per heavy atom. The highest BCUT2D eigenvalue weighted by atomic mass is 32.1. The summed E-state index contributed by atoms with van der Waals surface area (Å²) < 4.78 is 14.0. The first-order chi connectivity index (χ1) is 13.1. The Morgan fingerprint density at radius 3 is 2.56 bits per heavy atom. The number of aryl methyl sites for hydroxylation is 1. The maximum absolute atomic E-state index is 12.3. The van der Waals surface area contributed by atoms with Crippen LogP contribution >= 0.6 is 11.3 Å². The number of nitrogens with zero attached hydrogens (tertiary/aromatic N) is 2. The van der Waals surface area contributed by atoms with E-state index in [9.17, 15) is 4.79 Å². The predicted molar refractivity (Wildman–Crippen MR) is 108 cm³/mol. The number of carbonyl (C=O) groups is 1. The summed E-state index contributed by atoms with van der Waals surface area (Å²) in [5.74, 6) is 1.05. The summed E-state index contributed by atoms with van der Waals surface area (Å²) in [7, 11) is 0. The minimum atomic E-state index is -0.329. The minimum Gasteiger partial charge on any atom is -0.494 e. The second-order valence-corrected chi connectivity index (χ2v) is 6.96. The normalized spacial score (nSPS) is 11.6. The van der Waals surface area contributed by atoms with Crippen molar-refractivity contribution >= 4 is 27.5 Å². The predicted octanol–water partition coefficient (Wildman–Crippen LogP) is 4.10. The lowest BCUT2D eigenvalue weighted by atomic mass is 10.2. The Morgan fingerprint density at radius 1 is 1.19 bits per heavy atom. The second kappa shape index (κ2) is 8.68.